The van der Waals surface area contributed by atoms with E-state index in [4.69, 9.17) is 9.47 Å². The molecule has 0 fully saturated rings. The van der Waals surface area contributed by atoms with E-state index < -0.39 is 9.84 Å². The number of carbonyl (C=O) groups is 1. The van der Waals surface area contributed by atoms with Gasteiger partial charge in [0.05, 0.1) is 24.9 Å². The average Bonchev–Trinajstić information content (AvgIpc) is 3.11. The number of aromatic nitrogens is 1. The van der Waals surface area contributed by atoms with Gasteiger partial charge in [-0.05, 0) is 44.5 Å². The second-order valence-electron chi connectivity index (χ2n) is 7.02. The second-order valence-corrected chi connectivity index (χ2v) is 10.1. The van der Waals surface area contributed by atoms with E-state index in [0.29, 0.717) is 22.8 Å². The predicted molar refractivity (Wildman–Crippen MR) is 122 cm³/mol. The lowest BCUT2D eigenvalue weighted by molar-refractivity contribution is -0.118. The summed E-state index contributed by atoms with van der Waals surface area (Å²) in [6.07, 6.45) is 0.263. The highest BCUT2D eigenvalue weighted by molar-refractivity contribution is 7.91. The number of hydrogen-bond donors (Lipinski definition) is 0. The molecule has 1 heterocycles. The van der Waals surface area contributed by atoms with Crippen molar-refractivity contribution >= 4 is 37.3 Å². The predicted octanol–water partition coefficient (Wildman–Crippen LogP) is 3.73. The van der Waals surface area contributed by atoms with Crippen LogP contribution in [0.15, 0.2) is 46.3 Å². The maximum atomic E-state index is 12.5. The number of aryl methyl sites for hydroxylation is 2. The largest absolute Gasteiger partial charge is 0.495 e. The molecule has 0 bridgehead atoms. The molecular weight excluding hydrogens is 436 g/mol. The number of ether oxygens (including phenoxy) is 2. The van der Waals surface area contributed by atoms with Gasteiger partial charge in [0.1, 0.15) is 21.7 Å². The molecule has 0 aliphatic heterocycles. The van der Waals surface area contributed by atoms with E-state index in [1.54, 1.807) is 38.5 Å². The van der Waals surface area contributed by atoms with E-state index in [-0.39, 0.29) is 29.4 Å². The zero-order valence-electron chi connectivity index (χ0n) is 18.0. The van der Waals surface area contributed by atoms with Crippen LogP contribution < -0.4 is 14.3 Å². The summed E-state index contributed by atoms with van der Waals surface area (Å²) in [5.74, 6) is 0.901. The highest BCUT2D eigenvalue weighted by atomic mass is 32.2. The third kappa shape index (κ3) is 4.99. The molecule has 0 atom stereocenters. The summed E-state index contributed by atoms with van der Waals surface area (Å²) in [6, 6.07) is 10.4. The van der Waals surface area contributed by atoms with Crippen LogP contribution in [-0.2, 0) is 21.2 Å². The first-order chi connectivity index (χ1) is 14.8. The van der Waals surface area contributed by atoms with Crippen LogP contribution in [0.2, 0.25) is 0 Å². The molecule has 0 unspecified atom stereocenters. The molecule has 0 radical (unpaired) electrons. The lowest BCUT2D eigenvalue weighted by Gasteiger charge is -2.08. The Kier molecular flexibility index (Phi) is 7.17. The Morgan fingerprint density at radius 3 is 2.32 bits per heavy atom. The minimum Gasteiger partial charge on any atom is -0.495 e. The van der Waals surface area contributed by atoms with Gasteiger partial charge in [-0.25, -0.2) is 8.42 Å². The number of nitrogens with zero attached hydrogens (tertiary/aromatic N) is 2. The van der Waals surface area contributed by atoms with Gasteiger partial charge in [0.15, 0.2) is 14.6 Å². The Bertz CT molecular complexity index is 1260. The molecule has 3 aromatic rings. The number of methoxy groups -OCH3 is 2. The summed E-state index contributed by atoms with van der Waals surface area (Å²) >= 11 is 1.35. The van der Waals surface area contributed by atoms with Crippen molar-refractivity contribution in [3.63, 3.8) is 0 Å². The molecule has 0 aliphatic carbocycles. The second kappa shape index (κ2) is 9.65. The van der Waals surface area contributed by atoms with Crippen LogP contribution >= 0.6 is 11.3 Å². The maximum absolute atomic E-state index is 12.5. The molecule has 1 amide bonds. The molecule has 0 saturated carbocycles. The van der Waals surface area contributed by atoms with Gasteiger partial charge < -0.3 is 14.0 Å². The van der Waals surface area contributed by atoms with Gasteiger partial charge >= 0.3 is 0 Å². The standard InChI is InChI=1S/C22H26N2O5S2/c1-5-24-20-17(28-3)12-13-18(29-4)21(20)30-22(24)23-19(25)7-6-14-31(26,27)16-10-8-15(2)9-11-16/h8-13H,5-7,14H2,1-4H3. The van der Waals surface area contributed by atoms with Crippen LogP contribution in [0.4, 0.5) is 0 Å². The first-order valence-corrected chi connectivity index (χ1v) is 12.4. The Morgan fingerprint density at radius 1 is 1.06 bits per heavy atom. The fourth-order valence-electron chi connectivity index (χ4n) is 3.27. The Balaban J connectivity index is 1.82. The van der Waals surface area contributed by atoms with Gasteiger partial charge in [0.25, 0.3) is 0 Å². The van der Waals surface area contributed by atoms with Crippen LogP contribution in [0.1, 0.15) is 25.3 Å². The van der Waals surface area contributed by atoms with Crippen molar-refractivity contribution in [1.82, 2.24) is 4.57 Å². The van der Waals surface area contributed by atoms with Crippen molar-refractivity contribution in [2.24, 2.45) is 4.99 Å². The highest BCUT2D eigenvalue weighted by Crippen LogP contribution is 2.35. The van der Waals surface area contributed by atoms with Gasteiger partial charge in [0.2, 0.25) is 5.91 Å². The highest BCUT2D eigenvalue weighted by Gasteiger charge is 2.17. The van der Waals surface area contributed by atoms with Crippen LogP contribution in [0.25, 0.3) is 10.2 Å². The van der Waals surface area contributed by atoms with Gasteiger partial charge in [-0.3, -0.25) is 4.79 Å². The van der Waals surface area contributed by atoms with Crippen molar-refractivity contribution < 1.29 is 22.7 Å². The number of sulfone groups is 1. The number of amides is 1. The zero-order chi connectivity index (χ0) is 22.6. The zero-order valence-corrected chi connectivity index (χ0v) is 19.7. The Hall–Kier alpha value is -2.65. The lowest BCUT2D eigenvalue weighted by atomic mass is 10.2. The Morgan fingerprint density at radius 2 is 1.71 bits per heavy atom. The molecule has 2 aromatic carbocycles. The topological polar surface area (TPSA) is 87.0 Å². The maximum Gasteiger partial charge on any atom is 0.248 e. The smallest absolute Gasteiger partial charge is 0.248 e. The molecule has 0 N–H and O–H groups in total. The number of rotatable bonds is 8. The molecular formula is C22H26N2O5S2. The van der Waals surface area contributed by atoms with E-state index in [0.717, 1.165) is 15.8 Å². The summed E-state index contributed by atoms with van der Waals surface area (Å²) < 4.78 is 38.6. The summed E-state index contributed by atoms with van der Waals surface area (Å²) in [4.78, 5) is 17.6. The molecule has 1 aromatic heterocycles. The van der Waals surface area contributed by atoms with E-state index in [2.05, 4.69) is 4.99 Å². The number of fused-ring (bicyclic) bond motifs is 1. The Labute approximate surface area is 185 Å². The fraction of sp³-hybridized carbons (Fsp3) is 0.364. The van der Waals surface area contributed by atoms with Gasteiger partial charge in [-0.15, -0.1) is 0 Å². The van der Waals surface area contributed by atoms with Crippen LogP contribution in [0.5, 0.6) is 11.5 Å². The molecule has 3 rings (SSSR count). The van der Waals surface area contributed by atoms with E-state index in [1.807, 2.05) is 30.5 Å². The number of thiazole rings is 1. The van der Waals surface area contributed by atoms with E-state index >= 15 is 0 Å². The molecule has 0 aliphatic rings. The van der Waals surface area contributed by atoms with Crippen molar-refractivity contribution in [2.75, 3.05) is 20.0 Å². The normalized spacial score (nSPS) is 12.3. The minimum atomic E-state index is -3.43. The SMILES string of the molecule is CCn1c(=NC(=O)CCCS(=O)(=O)c2ccc(C)cc2)sc2c(OC)ccc(OC)c21. The molecule has 9 heteroatoms. The summed E-state index contributed by atoms with van der Waals surface area (Å²) in [5, 5.41) is 0. The van der Waals surface area contributed by atoms with Crippen LogP contribution in [0.3, 0.4) is 0 Å². The van der Waals surface area contributed by atoms with Crippen molar-refractivity contribution in [3.8, 4) is 11.5 Å². The van der Waals surface area contributed by atoms with Crippen molar-refractivity contribution in [2.45, 2.75) is 38.1 Å². The van der Waals surface area contributed by atoms with Crippen LogP contribution in [0, 0.1) is 6.92 Å². The van der Waals surface area contributed by atoms with Gasteiger partial charge in [-0.1, -0.05) is 29.0 Å². The molecule has 7 nitrogen and oxygen atoms in total. The number of hydrogen-bond acceptors (Lipinski definition) is 6. The fourth-order valence-corrected chi connectivity index (χ4v) is 5.80. The number of benzene rings is 2. The van der Waals surface area contributed by atoms with Crippen LogP contribution in [-0.4, -0.2) is 38.9 Å². The first kappa shape index (κ1) is 23.0. The monoisotopic (exact) mass is 462 g/mol. The molecule has 31 heavy (non-hydrogen) atoms. The molecule has 166 valence electrons. The average molecular weight is 463 g/mol. The summed E-state index contributed by atoms with van der Waals surface area (Å²) in [6.45, 7) is 4.46. The summed E-state index contributed by atoms with van der Waals surface area (Å²) in [7, 11) is -0.243. The lowest BCUT2D eigenvalue weighted by Crippen LogP contribution is -2.16. The minimum absolute atomic E-state index is 0.0529. The first-order valence-electron chi connectivity index (χ1n) is 9.92. The molecule has 0 spiro atoms. The van der Waals surface area contributed by atoms with Crippen molar-refractivity contribution in [1.29, 1.82) is 0 Å². The quantitative estimate of drug-likeness (QED) is 0.509. The van der Waals surface area contributed by atoms with Gasteiger partial charge in [0, 0.05) is 13.0 Å². The van der Waals surface area contributed by atoms with E-state index in [1.165, 1.54) is 11.3 Å². The summed E-state index contributed by atoms with van der Waals surface area (Å²) in [5.41, 5.74) is 1.82. The van der Waals surface area contributed by atoms with E-state index in [9.17, 15) is 13.2 Å². The van der Waals surface area contributed by atoms with Crippen molar-refractivity contribution in [3.05, 3.63) is 46.8 Å². The molecule has 0 saturated heterocycles. The third-order valence-electron chi connectivity index (χ3n) is 4.91. The van der Waals surface area contributed by atoms with Gasteiger partial charge in [-0.2, -0.15) is 4.99 Å². The number of carbonyl (C=O) groups excluding carboxylic acids is 1. The third-order valence-corrected chi connectivity index (χ3v) is 7.82.